The summed E-state index contributed by atoms with van der Waals surface area (Å²) < 4.78 is 0. The number of phenolic OH excluding ortho intramolecular Hbond substituents is 1. The number of carbonyl (C=O) groups excluding carboxylic acids is 5. The molecule has 0 bridgehead atoms. The minimum atomic E-state index is -1.05. The van der Waals surface area contributed by atoms with Gasteiger partial charge < -0.3 is 31.3 Å². The highest BCUT2D eigenvalue weighted by Crippen LogP contribution is 2.18. The highest BCUT2D eigenvalue weighted by Gasteiger charge is 2.37. The lowest BCUT2D eigenvalue weighted by Crippen LogP contribution is -2.58. The number of aromatic hydroxyl groups is 1. The number of amides is 5. The van der Waals surface area contributed by atoms with E-state index in [2.05, 4.69) is 21.3 Å². The summed E-state index contributed by atoms with van der Waals surface area (Å²) in [5, 5.41) is 20.1. The fourth-order valence-corrected chi connectivity index (χ4v) is 4.26. The van der Waals surface area contributed by atoms with E-state index in [9.17, 15) is 29.1 Å². The molecule has 0 radical (unpaired) electrons. The molecule has 2 aliphatic rings. The van der Waals surface area contributed by atoms with Gasteiger partial charge in [0.25, 0.3) is 0 Å². The number of carbonyl (C=O) groups is 5. The van der Waals surface area contributed by atoms with Crippen LogP contribution >= 0.6 is 0 Å². The summed E-state index contributed by atoms with van der Waals surface area (Å²) in [5.41, 5.74) is 0.676. The van der Waals surface area contributed by atoms with Crippen molar-refractivity contribution in [2.24, 2.45) is 5.92 Å². The van der Waals surface area contributed by atoms with Crippen molar-refractivity contribution in [2.45, 2.75) is 64.2 Å². The summed E-state index contributed by atoms with van der Waals surface area (Å²) in [6.07, 6.45) is 1.19. The fourth-order valence-electron chi connectivity index (χ4n) is 4.26. The lowest BCUT2D eigenvalue weighted by Gasteiger charge is -2.28. The van der Waals surface area contributed by atoms with Crippen LogP contribution in [0.15, 0.2) is 24.3 Å². The standard InChI is InChI=1S/C24H33N5O6/c1-13(2)20-24(35)27-17(11-15-6-8-16(30)9-7-15)22(33)26-14(3)21(32)25-12-19(31)29-10-4-5-18(29)23(34)28-20/h6-9,13-14,17-18,20,30H,4-5,10-12H2,1-3H3,(H,25,32)(H,26,33)(H,27,35)(H,28,34)/t14-,17-,18-,20+/m1/s1. The van der Waals surface area contributed by atoms with E-state index >= 15 is 0 Å². The van der Waals surface area contributed by atoms with Crippen LogP contribution in [0.2, 0.25) is 0 Å². The Morgan fingerprint density at radius 1 is 0.943 bits per heavy atom. The van der Waals surface area contributed by atoms with Gasteiger partial charge in [-0.25, -0.2) is 0 Å². The van der Waals surface area contributed by atoms with Crippen molar-refractivity contribution in [1.29, 1.82) is 0 Å². The minimum Gasteiger partial charge on any atom is -0.508 e. The molecule has 3 rings (SSSR count). The van der Waals surface area contributed by atoms with Gasteiger partial charge >= 0.3 is 0 Å². The van der Waals surface area contributed by atoms with Crippen molar-refractivity contribution in [3.8, 4) is 5.75 Å². The summed E-state index contributed by atoms with van der Waals surface area (Å²) in [6, 6.07) is 2.52. The van der Waals surface area contributed by atoms with Crippen LogP contribution in [0.1, 0.15) is 39.2 Å². The monoisotopic (exact) mass is 487 g/mol. The van der Waals surface area contributed by atoms with E-state index in [1.54, 1.807) is 26.0 Å². The third-order valence-corrected chi connectivity index (χ3v) is 6.30. The fraction of sp³-hybridized carbons (Fsp3) is 0.542. The highest BCUT2D eigenvalue weighted by atomic mass is 16.3. The van der Waals surface area contributed by atoms with E-state index in [0.717, 1.165) is 0 Å². The Hall–Kier alpha value is -3.63. The van der Waals surface area contributed by atoms with Crippen LogP contribution in [-0.2, 0) is 30.4 Å². The van der Waals surface area contributed by atoms with Gasteiger partial charge in [-0.3, -0.25) is 24.0 Å². The predicted octanol–water partition coefficient (Wildman–Crippen LogP) is -0.814. The Kier molecular flexibility index (Phi) is 8.31. The lowest BCUT2D eigenvalue weighted by atomic mass is 10.00. The van der Waals surface area contributed by atoms with Gasteiger partial charge in [0.2, 0.25) is 29.5 Å². The molecule has 2 heterocycles. The molecule has 1 aromatic carbocycles. The van der Waals surface area contributed by atoms with Gasteiger partial charge in [0.05, 0.1) is 6.54 Å². The highest BCUT2D eigenvalue weighted by molar-refractivity contribution is 5.97. The molecular weight excluding hydrogens is 454 g/mol. The van der Waals surface area contributed by atoms with Crippen molar-refractivity contribution in [1.82, 2.24) is 26.2 Å². The number of benzene rings is 1. The maximum absolute atomic E-state index is 13.2. The molecule has 2 saturated heterocycles. The van der Waals surface area contributed by atoms with E-state index in [1.807, 2.05) is 0 Å². The molecule has 35 heavy (non-hydrogen) atoms. The van der Waals surface area contributed by atoms with Crippen LogP contribution in [0, 0.1) is 5.92 Å². The molecule has 11 heteroatoms. The Morgan fingerprint density at radius 3 is 2.29 bits per heavy atom. The number of fused-ring (bicyclic) bond motifs is 1. The van der Waals surface area contributed by atoms with Crippen LogP contribution < -0.4 is 21.3 Å². The van der Waals surface area contributed by atoms with Gasteiger partial charge in [0.1, 0.15) is 29.9 Å². The van der Waals surface area contributed by atoms with E-state index in [4.69, 9.17) is 0 Å². The largest absolute Gasteiger partial charge is 0.508 e. The molecule has 11 nitrogen and oxygen atoms in total. The number of hydrogen-bond acceptors (Lipinski definition) is 6. The number of hydrogen-bond donors (Lipinski definition) is 5. The van der Waals surface area contributed by atoms with Gasteiger partial charge in [0, 0.05) is 13.0 Å². The molecule has 5 amide bonds. The average molecular weight is 488 g/mol. The molecular formula is C24H33N5O6. The topological polar surface area (TPSA) is 157 Å². The van der Waals surface area contributed by atoms with Gasteiger partial charge in [-0.15, -0.1) is 0 Å². The van der Waals surface area contributed by atoms with Crippen molar-refractivity contribution >= 4 is 29.5 Å². The molecule has 190 valence electrons. The third-order valence-electron chi connectivity index (χ3n) is 6.30. The van der Waals surface area contributed by atoms with E-state index < -0.39 is 53.7 Å². The van der Waals surface area contributed by atoms with Gasteiger partial charge in [-0.2, -0.15) is 0 Å². The van der Waals surface area contributed by atoms with Crippen molar-refractivity contribution in [3.63, 3.8) is 0 Å². The molecule has 0 saturated carbocycles. The quantitative estimate of drug-likeness (QED) is 0.375. The van der Waals surface area contributed by atoms with Crippen molar-refractivity contribution in [3.05, 3.63) is 29.8 Å². The van der Waals surface area contributed by atoms with Gasteiger partial charge in [-0.05, 0) is 43.4 Å². The first kappa shape index (κ1) is 26.0. The van der Waals surface area contributed by atoms with Crippen LogP contribution in [0.5, 0.6) is 5.75 Å². The number of nitrogens with zero attached hydrogens (tertiary/aromatic N) is 1. The summed E-state index contributed by atoms with van der Waals surface area (Å²) in [6.45, 7) is 5.11. The zero-order chi connectivity index (χ0) is 25.7. The zero-order valence-electron chi connectivity index (χ0n) is 20.2. The third kappa shape index (κ3) is 6.49. The summed E-state index contributed by atoms with van der Waals surface area (Å²) >= 11 is 0. The SMILES string of the molecule is CC(C)[C@@H]1NC(=O)[C@H]2CCCN2C(=O)CNC(=O)[C@@H](C)NC(=O)[C@@H](Cc2ccc(O)cc2)NC1=O. The first-order chi connectivity index (χ1) is 16.6. The zero-order valence-corrected chi connectivity index (χ0v) is 20.2. The molecule has 0 aliphatic carbocycles. The molecule has 0 aromatic heterocycles. The van der Waals surface area contributed by atoms with E-state index in [-0.39, 0.29) is 24.6 Å². The Bertz CT molecular complexity index is 979. The average Bonchev–Trinajstić information content (AvgIpc) is 3.30. The van der Waals surface area contributed by atoms with E-state index in [1.165, 1.54) is 24.0 Å². The molecule has 2 fully saturated rings. The van der Waals surface area contributed by atoms with Crippen molar-refractivity contribution in [2.75, 3.05) is 13.1 Å². The molecule has 0 unspecified atom stereocenters. The summed E-state index contributed by atoms with van der Waals surface area (Å²) in [5.74, 6) is -2.78. The van der Waals surface area contributed by atoms with Crippen LogP contribution in [0.3, 0.4) is 0 Å². The number of phenols is 1. The summed E-state index contributed by atoms with van der Waals surface area (Å²) in [4.78, 5) is 66.0. The normalized spacial score (nSPS) is 26.7. The number of rotatable bonds is 3. The Morgan fingerprint density at radius 2 is 1.63 bits per heavy atom. The Balaban J connectivity index is 1.90. The number of nitrogens with one attached hydrogen (secondary N) is 4. The smallest absolute Gasteiger partial charge is 0.243 e. The second-order valence-corrected chi connectivity index (χ2v) is 9.36. The predicted molar refractivity (Wildman–Crippen MR) is 126 cm³/mol. The van der Waals surface area contributed by atoms with E-state index in [0.29, 0.717) is 24.9 Å². The minimum absolute atomic E-state index is 0.0627. The Labute approximate surface area is 204 Å². The second-order valence-electron chi connectivity index (χ2n) is 9.36. The van der Waals surface area contributed by atoms with Crippen LogP contribution in [0.25, 0.3) is 0 Å². The molecule has 2 aliphatic heterocycles. The van der Waals surface area contributed by atoms with Crippen LogP contribution in [0.4, 0.5) is 0 Å². The molecule has 5 N–H and O–H groups in total. The van der Waals surface area contributed by atoms with Crippen molar-refractivity contribution < 1.29 is 29.1 Å². The first-order valence-electron chi connectivity index (χ1n) is 11.8. The first-order valence-corrected chi connectivity index (χ1v) is 11.8. The molecule has 0 spiro atoms. The molecule has 1 aromatic rings. The maximum atomic E-state index is 13.2. The van der Waals surface area contributed by atoms with Crippen LogP contribution in [-0.4, -0.2) is 76.8 Å². The molecule has 4 atom stereocenters. The lowest BCUT2D eigenvalue weighted by molar-refractivity contribution is -0.140. The maximum Gasteiger partial charge on any atom is 0.243 e. The second kappa shape index (κ2) is 11.2. The van der Waals surface area contributed by atoms with Gasteiger partial charge in [0.15, 0.2) is 0 Å². The van der Waals surface area contributed by atoms with Gasteiger partial charge in [-0.1, -0.05) is 26.0 Å². The summed E-state index contributed by atoms with van der Waals surface area (Å²) in [7, 11) is 0.